The average molecular weight is 247 g/mol. The lowest BCUT2D eigenvalue weighted by Gasteiger charge is -2.25. The van der Waals surface area contributed by atoms with Gasteiger partial charge in [0.1, 0.15) is 0 Å². The van der Waals surface area contributed by atoms with E-state index in [0.29, 0.717) is 6.54 Å². The normalized spacial score (nSPS) is 13.6. The lowest BCUT2D eigenvalue weighted by atomic mass is 10.1. The largest absolute Gasteiger partial charge is 0.397 e. The quantitative estimate of drug-likeness (QED) is 0.820. The summed E-state index contributed by atoms with van der Waals surface area (Å²) in [6.45, 7) is 6.86. The Balaban J connectivity index is 2.12. The monoisotopic (exact) mass is 247 g/mol. The maximum atomic E-state index is 12.1. The van der Waals surface area contributed by atoms with E-state index in [0.717, 1.165) is 37.4 Å². The minimum Gasteiger partial charge on any atom is -0.397 e. The zero-order valence-electron chi connectivity index (χ0n) is 11.1. The Bertz CT molecular complexity index is 441. The van der Waals surface area contributed by atoms with Crippen LogP contribution in [0.1, 0.15) is 19.4 Å². The molecule has 0 aliphatic carbocycles. The third kappa shape index (κ3) is 2.28. The second-order valence-electron chi connectivity index (χ2n) is 4.59. The number of para-hydroxylation sites is 1. The number of hydrogen-bond donors (Lipinski definition) is 1. The summed E-state index contributed by atoms with van der Waals surface area (Å²) in [5.74, 6) is 0.177. The summed E-state index contributed by atoms with van der Waals surface area (Å²) < 4.78 is 0. The summed E-state index contributed by atoms with van der Waals surface area (Å²) in [6.07, 6.45) is 0.978. The average Bonchev–Trinajstić information content (AvgIpc) is 2.75. The summed E-state index contributed by atoms with van der Waals surface area (Å²) in [5, 5.41) is 0. The van der Waals surface area contributed by atoms with Crippen LogP contribution in [-0.4, -0.2) is 37.0 Å². The van der Waals surface area contributed by atoms with Gasteiger partial charge < -0.3 is 15.5 Å². The van der Waals surface area contributed by atoms with Crippen molar-refractivity contribution in [3.63, 3.8) is 0 Å². The molecule has 0 bridgehead atoms. The molecule has 1 aliphatic rings. The Kier molecular flexibility index (Phi) is 3.75. The van der Waals surface area contributed by atoms with Crippen molar-refractivity contribution in [2.24, 2.45) is 0 Å². The van der Waals surface area contributed by atoms with Crippen LogP contribution in [0.2, 0.25) is 0 Å². The Morgan fingerprint density at radius 1 is 1.39 bits per heavy atom. The molecule has 0 saturated carbocycles. The van der Waals surface area contributed by atoms with E-state index in [1.807, 2.05) is 30.9 Å². The molecule has 0 unspecified atom stereocenters. The fourth-order valence-corrected chi connectivity index (χ4v) is 2.56. The number of rotatable bonds is 4. The summed E-state index contributed by atoms with van der Waals surface area (Å²) in [5.41, 5.74) is 9.09. The molecular formula is C14H21N3O. The third-order valence-corrected chi connectivity index (χ3v) is 3.56. The number of carbonyl (C=O) groups is 1. The van der Waals surface area contributed by atoms with Gasteiger partial charge in [0.05, 0.1) is 17.9 Å². The van der Waals surface area contributed by atoms with Gasteiger partial charge in [0.15, 0.2) is 0 Å². The van der Waals surface area contributed by atoms with Crippen molar-refractivity contribution in [2.45, 2.75) is 20.3 Å². The first-order valence-corrected chi connectivity index (χ1v) is 6.57. The molecular weight excluding hydrogens is 226 g/mol. The van der Waals surface area contributed by atoms with Crippen molar-refractivity contribution in [1.82, 2.24) is 4.90 Å². The van der Waals surface area contributed by atoms with Gasteiger partial charge in [-0.3, -0.25) is 4.79 Å². The number of nitrogen functional groups attached to an aromatic ring is 1. The summed E-state index contributed by atoms with van der Waals surface area (Å²) in [4.78, 5) is 16.1. The molecule has 1 aromatic rings. The smallest absolute Gasteiger partial charge is 0.242 e. The Morgan fingerprint density at radius 2 is 2.11 bits per heavy atom. The fourth-order valence-electron chi connectivity index (χ4n) is 2.56. The van der Waals surface area contributed by atoms with Crippen molar-refractivity contribution in [2.75, 3.05) is 36.8 Å². The van der Waals surface area contributed by atoms with Crippen molar-refractivity contribution in [3.8, 4) is 0 Å². The second kappa shape index (κ2) is 5.29. The first-order chi connectivity index (χ1) is 8.67. The van der Waals surface area contributed by atoms with Gasteiger partial charge in [-0.05, 0) is 31.9 Å². The molecule has 1 heterocycles. The molecule has 0 radical (unpaired) electrons. The molecule has 0 saturated heterocycles. The highest BCUT2D eigenvalue weighted by Crippen LogP contribution is 2.33. The highest BCUT2D eigenvalue weighted by atomic mass is 16.2. The molecule has 2 N–H and O–H groups in total. The number of benzene rings is 1. The molecule has 1 amide bonds. The van der Waals surface area contributed by atoms with E-state index in [9.17, 15) is 4.79 Å². The van der Waals surface area contributed by atoms with Crippen molar-refractivity contribution < 1.29 is 4.79 Å². The van der Waals surface area contributed by atoms with Crippen LogP contribution in [0.5, 0.6) is 0 Å². The SMILES string of the molecule is CCN(CC)C(=O)CN1CCc2cccc(N)c21. The van der Waals surface area contributed by atoms with Gasteiger partial charge in [0, 0.05) is 19.6 Å². The predicted molar refractivity (Wildman–Crippen MR) is 74.7 cm³/mol. The lowest BCUT2D eigenvalue weighted by Crippen LogP contribution is -2.39. The standard InChI is InChI=1S/C14H21N3O/c1-3-16(4-2)13(18)10-17-9-8-11-6-5-7-12(15)14(11)17/h5-7H,3-4,8-10,15H2,1-2H3. The van der Waals surface area contributed by atoms with Crippen molar-refractivity contribution in [3.05, 3.63) is 23.8 Å². The summed E-state index contributed by atoms with van der Waals surface area (Å²) in [6, 6.07) is 5.97. The predicted octanol–water partition coefficient (Wildman–Crippen LogP) is 1.50. The van der Waals surface area contributed by atoms with Crippen LogP contribution < -0.4 is 10.6 Å². The maximum absolute atomic E-state index is 12.1. The zero-order chi connectivity index (χ0) is 13.1. The molecule has 2 rings (SSSR count). The number of anilines is 2. The van der Waals surface area contributed by atoms with E-state index >= 15 is 0 Å². The molecule has 1 aromatic carbocycles. The van der Waals surface area contributed by atoms with Gasteiger partial charge in [0.2, 0.25) is 5.91 Å². The first-order valence-electron chi connectivity index (χ1n) is 6.57. The van der Waals surface area contributed by atoms with E-state index in [2.05, 4.69) is 11.0 Å². The molecule has 4 heteroatoms. The molecule has 0 fully saturated rings. The van der Waals surface area contributed by atoms with E-state index in [1.54, 1.807) is 0 Å². The Hall–Kier alpha value is -1.71. The molecule has 1 aliphatic heterocycles. The van der Waals surface area contributed by atoms with E-state index in [1.165, 1.54) is 5.56 Å². The third-order valence-electron chi connectivity index (χ3n) is 3.56. The maximum Gasteiger partial charge on any atom is 0.242 e. The zero-order valence-corrected chi connectivity index (χ0v) is 11.1. The molecule has 0 atom stereocenters. The molecule has 0 spiro atoms. The van der Waals surface area contributed by atoms with Gasteiger partial charge >= 0.3 is 0 Å². The molecule has 98 valence electrons. The second-order valence-corrected chi connectivity index (χ2v) is 4.59. The fraction of sp³-hybridized carbons (Fsp3) is 0.500. The van der Waals surface area contributed by atoms with Crippen LogP contribution in [-0.2, 0) is 11.2 Å². The number of carbonyl (C=O) groups excluding carboxylic acids is 1. The molecule has 4 nitrogen and oxygen atoms in total. The number of fused-ring (bicyclic) bond motifs is 1. The van der Waals surface area contributed by atoms with Crippen molar-refractivity contribution >= 4 is 17.3 Å². The van der Waals surface area contributed by atoms with Crippen LogP contribution in [0.3, 0.4) is 0 Å². The van der Waals surface area contributed by atoms with Crippen LogP contribution in [0.25, 0.3) is 0 Å². The number of likely N-dealkylation sites (N-methyl/N-ethyl adjacent to an activating group) is 1. The van der Waals surface area contributed by atoms with Crippen LogP contribution in [0.4, 0.5) is 11.4 Å². The Labute approximate surface area is 108 Å². The molecule has 18 heavy (non-hydrogen) atoms. The van der Waals surface area contributed by atoms with Gasteiger partial charge in [-0.2, -0.15) is 0 Å². The van der Waals surface area contributed by atoms with Gasteiger partial charge in [-0.1, -0.05) is 12.1 Å². The highest BCUT2D eigenvalue weighted by Gasteiger charge is 2.24. The molecule has 0 aromatic heterocycles. The topological polar surface area (TPSA) is 49.6 Å². The number of amides is 1. The number of nitrogens with two attached hydrogens (primary N) is 1. The van der Waals surface area contributed by atoms with Crippen LogP contribution in [0.15, 0.2) is 18.2 Å². The van der Waals surface area contributed by atoms with Crippen molar-refractivity contribution in [1.29, 1.82) is 0 Å². The van der Waals surface area contributed by atoms with Gasteiger partial charge in [-0.25, -0.2) is 0 Å². The van der Waals surface area contributed by atoms with Crippen LogP contribution >= 0.6 is 0 Å². The van der Waals surface area contributed by atoms with Gasteiger partial charge in [0.25, 0.3) is 0 Å². The lowest BCUT2D eigenvalue weighted by molar-refractivity contribution is -0.129. The minimum atomic E-state index is 0.177. The van der Waals surface area contributed by atoms with E-state index in [-0.39, 0.29) is 5.91 Å². The van der Waals surface area contributed by atoms with Crippen LogP contribution in [0, 0.1) is 0 Å². The first kappa shape index (κ1) is 12.7. The van der Waals surface area contributed by atoms with E-state index in [4.69, 9.17) is 5.73 Å². The summed E-state index contributed by atoms with van der Waals surface area (Å²) in [7, 11) is 0. The van der Waals surface area contributed by atoms with Gasteiger partial charge in [-0.15, -0.1) is 0 Å². The Morgan fingerprint density at radius 3 is 2.78 bits per heavy atom. The van der Waals surface area contributed by atoms with E-state index < -0.39 is 0 Å². The number of nitrogens with zero attached hydrogens (tertiary/aromatic N) is 2. The highest BCUT2D eigenvalue weighted by molar-refractivity contribution is 5.85. The summed E-state index contributed by atoms with van der Waals surface area (Å²) >= 11 is 0. The number of hydrogen-bond acceptors (Lipinski definition) is 3. The minimum absolute atomic E-state index is 0.177.